The van der Waals surface area contributed by atoms with Gasteiger partial charge in [0.15, 0.2) is 0 Å². The molecule has 0 fully saturated rings. The first-order chi connectivity index (χ1) is 10.2. The lowest BCUT2D eigenvalue weighted by Gasteiger charge is -2.13. The van der Waals surface area contributed by atoms with Crippen molar-refractivity contribution in [3.05, 3.63) is 65.4 Å². The zero-order valence-electron chi connectivity index (χ0n) is 12.4. The molecule has 0 aliphatic carbocycles. The highest BCUT2D eigenvalue weighted by molar-refractivity contribution is 6.18. The molecule has 0 radical (unpaired) electrons. The second-order valence-corrected chi connectivity index (χ2v) is 5.86. The summed E-state index contributed by atoms with van der Waals surface area (Å²) in [5.41, 5.74) is 4.85. The van der Waals surface area contributed by atoms with Crippen molar-refractivity contribution in [2.45, 2.75) is 19.3 Å². The van der Waals surface area contributed by atoms with E-state index in [0.29, 0.717) is 11.8 Å². The standard InChI is InChI=1S/C18H19ClN2/c1-13-7-9-14(10-8-13)15(12-19)11-17-16-5-3-4-6-18(16)21(2)20-17/h3-10,15H,11-12H2,1-2H3. The molecule has 0 N–H and O–H groups in total. The van der Waals surface area contributed by atoms with E-state index >= 15 is 0 Å². The SMILES string of the molecule is Cc1ccc(C(CCl)Cc2nn(C)c3ccccc23)cc1. The van der Waals surface area contributed by atoms with Gasteiger partial charge >= 0.3 is 0 Å². The Hall–Kier alpha value is -1.80. The van der Waals surface area contributed by atoms with Crippen molar-refractivity contribution in [2.24, 2.45) is 7.05 Å². The molecule has 0 spiro atoms. The van der Waals surface area contributed by atoms with Crippen LogP contribution in [-0.4, -0.2) is 15.7 Å². The van der Waals surface area contributed by atoms with Crippen molar-refractivity contribution >= 4 is 22.5 Å². The number of para-hydroxylation sites is 1. The van der Waals surface area contributed by atoms with E-state index in [9.17, 15) is 0 Å². The lowest BCUT2D eigenvalue weighted by molar-refractivity contribution is 0.708. The molecule has 21 heavy (non-hydrogen) atoms. The quantitative estimate of drug-likeness (QED) is 0.651. The van der Waals surface area contributed by atoms with E-state index in [0.717, 1.165) is 12.1 Å². The fourth-order valence-electron chi connectivity index (χ4n) is 2.77. The highest BCUT2D eigenvalue weighted by Crippen LogP contribution is 2.26. The molecular weight excluding hydrogens is 280 g/mol. The average Bonchev–Trinajstić information content (AvgIpc) is 2.83. The average molecular weight is 299 g/mol. The molecular formula is C18H19ClN2. The molecule has 2 aromatic carbocycles. The van der Waals surface area contributed by atoms with Crippen LogP contribution in [0.3, 0.4) is 0 Å². The molecule has 0 amide bonds. The van der Waals surface area contributed by atoms with Gasteiger partial charge in [-0.1, -0.05) is 48.0 Å². The summed E-state index contributed by atoms with van der Waals surface area (Å²) in [6.07, 6.45) is 0.869. The Kier molecular flexibility index (Phi) is 3.98. The monoisotopic (exact) mass is 298 g/mol. The van der Waals surface area contributed by atoms with Crippen molar-refractivity contribution in [1.29, 1.82) is 0 Å². The highest BCUT2D eigenvalue weighted by Gasteiger charge is 2.16. The molecule has 3 rings (SSSR count). The van der Waals surface area contributed by atoms with Crippen molar-refractivity contribution < 1.29 is 0 Å². The van der Waals surface area contributed by atoms with Gasteiger partial charge in [0.05, 0.1) is 11.2 Å². The minimum atomic E-state index is 0.297. The molecule has 0 bridgehead atoms. The van der Waals surface area contributed by atoms with Gasteiger partial charge in [-0.2, -0.15) is 5.10 Å². The number of alkyl halides is 1. The zero-order chi connectivity index (χ0) is 14.8. The van der Waals surface area contributed by atoms with Gasteiger partial charge in [-0.05, 0) is 18.6 Å². The molecule has 0 aliphatic heterocycles. The van der Waals surface area contributed by atoms with E-state index in [-0.39, 0.29) is 0 Å². The second kappa shape index (κ2) is 5.90. The predicted octanol–water partition coefficient (Wildman–Crippen LogP) is 4.45. The Morgan fingerprint density at radius 3 is 2.52 bits per heavy atom. The van der Waals surface area contributed by atoms with Gasteiger partial charge in [0.2, 0.25) is 0 Å². The van der Waals surface area contributed by atoms with E-state index in [4.69, 9.17) is 11.6 Å². The minimum absolute atomic E-state index is 0.297. The second-order valence-electron chi connectivity index (χ2n) is 5.55. The molecule has 1 unspecified atom stereocenters. The molecule has 0 saturated carbocycles. The van der Waals surface area contributed by atoms with Crippen LogP contribution < -0.4 is 0 Å². The third-order valence-electron chi connectivity index (χ3n) is 4.01. The number of benzene rings is 2. The van der Waals surface area contributed by atoms with Crippen molar-refractivity contribution in [2.75, 3.05) is 5.88 Å². The summed E-state index contributed by atoms with van der Waals surface area (Å²) in [7, 11) is 1.99. The van der Waals surface area contributed by atoms with Gasteiger partial charge in [0.25, 0.3) is 0 Å². The topological polar surface area (TPSA) is 17.8 Å². The molecule has 1 atom stereocenters. The highest BCUT2D eigenvalue weighted by atomic mass is 35.5. The predicted molar refractivity (Wildman–Crippen MR) is 89.1 cm³/mol. The smallest absolute Gasteiger partial charge is 0.0709 e. The van der Waals surface area contributed by atoms with E-state index in [1.165, 1.54) is 22.0 Å². The molecule has 0 saturated heterocycles. The maximum absolute atomic E-state index is 6.22. The van der Waals surface area contributed by atoms with Crippen LogP contribution in [0, 0.1) is 6.92 Å². The van der Waals surface area contributed by atoms with Crippen LogP contribution in [0.1, 0.15) is 22.7 Å². The van der Waals surface area contributed by atoms with E-state index in [1.807, 2.05) is 17.8 Å². The molecule has 108 valence electrons. The van der Waals surface area contributed by atoms with Crippen LogP contribution in [0.25, 0.3) is 10.9 Å². The van der Waals surface area contributed by atoms with E-state index in [1.54, 1.807) is 0 Å². The van der Waals surface area contributed by atoms with Crippen LogP contribution in [0.15, 0.2) is 48.5 Å². The molecule has 2 nitrogen and oxygen atoms in total. The van der Waals surface area contributed by atoms with Crippen molar-refractivity contribution in [3.8, 4) is 0 Å². The molecule has 1 heterocycles. The third kappa shape index (κ3) is 2.81. The Bertz CT molecular complexity index is 744. The first-order valence-corrected chi connectivity index (χ1v) is 7.75. The molecule has 0 aliphatic rings. The fourth-order valence-corrected chi connectivity index (χ4v) is 3.06. The number of aryl methyl sites for hydroxylation is 2. The zero-order valence-corrected chi connectivity index (χ0v) is 13.1. The number of hydrogen-bond donors (Lipinski definition) is 0. The van der Waals surface area contributed by atoms with E-state index in [2.05, 4.69) is 54.5 Å². The summed E-state index contributed by atoms with van der Waals surface area (Å²) < 4.78 is 1.95. The number of hydrogen-bond acceptors (Lipinski definition) is 1. The van der Waals surface area contributed by atoms with Gasteiger partial charge in [-0.15, -0.1) is 11.6 Å². The fraction of sp³-hybridized carbons (Fsp3) is 0.278. The van der Waals surface area contributed by atoms with Crippen LogP contribution in [0.5, 0.6) is 0 Å². The minimum Gasteiger partial charge on any atom is -0.268 e. The van der Waals surface area contributed by atoms with Crippen LogP contribution in [0.2, 0.25) is 0 Å². The van der Waals surface area contributed by atoms with Gasteiger partial charge in [0.1, 0.15) is 0 Å². The first kappa shape index (κ1) is 14.2. The Morgan fingerprint density at radius 1 is 1.10 bits per heavy atom. The van der Waals surface area contributed by atoms with Gasteiger partial charge in [-0.25, -0.2) is 0 Å². The van der Waals surface area contributed by atoms with E-state index < -0.39 is 0 Å². The van der Waals surface area contributed by atoms with Gasteiger partial charge < -0.3 is 0 Å². The molecule has 3 heteroatoms. The Labute approximate surface area is 130 Å². The maximum atomic E-state index is 6.22. The summed E-state index contributed by atoms with van der Waals surface area (Å²) >= 11 is 6.22. The van der Waals surface area contributed by atoms with Crippen LogP contribution >= 0.6 is 11.6 Å². The van der Waals surface area contributed by atoms with Gasteiger partial charge in [-0.3, -0.25) is 4.68 Å². The lowest BCUT2D eigenvalue weighted by atomic mass is 9.94. The molecule has 3 aromatic rings. The summed E-state index contributed by atoms with van der Waals surface area (Å²) in [6, 6.07) is 17.0. The van der Waals surface area contributed by atoms with Gasteiger partial charge in [0, 0.05) is 30.7 Å². The lowest BCUT2D eigenvalue weighted by Crippen LogP contribution is -2.06. The number of fused-ring (bicyclic) bond motifs is 1. The Morgan fingerprint density at radius 2 is 1.81 bits per heavy atom. The largest absolute Gasteiger partial charge is 0.268 e. The van der Waals surface area contributed by atoms with Crippen molar-refractivity contribution in [3.63, 3.8) is 0 Å². The number of halogens is 1. The molecule has 1 aromatic heterocycles. The summed E-state index contributed by atoms with van der Waals surface area (Å²) in [5.74, 6) is 0.902. The maximum Gasteiger partial charge on any atom is 0.0709 e. The summed E-state index contributed by atoms with van der Waals surface area (Å²) in [6.45, 7) is 2.10. The Balaban J connectivity index is 1.94. The summed E-state index contributed by atoms with van der Waals surface area (Å²) in [5, 5.41) is 5.90. The number of rotatable bonds is 4. The third-order valence-corrected chi connectivity index (χ3v) is 4.38. The summed E-state index contributed by atoms with van der Waals surface area (Å²) in [4.78, 5) is 0. The normalized spacial score (nSPS) is 12.7. The van der Waals surface area contributed by atoms with Crippen LogP contribution in [0.4, 0.5) is 0 Å². The first-order valence-electron chi connectivity index (χ1n) is 7.22. The number of nitrogens with zero attached hydrogens (tertiary/aromatic N) is 2. The number of aromatic nitrogens is 2. The van der Waals surface area contributed by atoms with Crippen LogP contribution in [-0.2, 0) is 13.5 Å². The van der Waals surface area contributed by atoms with Crippen molar-refractivity contribution in [1.82, 2.24) is 9.78 Å².